The van der Waals surface area contributed by atoms with Crippen molar-refractivity contribution in [3.63, 3.8) is 0 Å². The molecule has 0 unspecified atom stereocenters. The summed E-state index contributed by atoms with van der Waals surface area (Å²) in [5, 5.41) is 9.47. The minimum atomic E-state index is 0.264. The largest absolute Gasteiger partial charge is 0.396 e. The number of para-hydroxylation sites is 1. The molecule has 0 spiro atoms. The fourth-order valence-electron chi connectivity index (χ4n) is 2.85. The van der Waals surface area contributed by atoms with Crippen molar-refractivity contribution >= 4 is 5.69 Å². The molecule has 1 aliphatic heterocycles. The van der Waals surface area contributed by atoms with E-state index in [2.05, 4.69) is 53.4 Å². The van der Waals surface area contributed by atoms with Crippen LogP contribution >= 0.6 is 0 Å². The fourth-order valence-corrected chi connectivity index (χ4v) is 2.85. The fraction of sp³-hybridized carbons (Fsp3) is 0.294. The number of fused-ring (bicyclic) bond motifs is 1. The predicted molar refractivity (Wildman–Crippen MR) is 78.2 cm³/mol. The van der Waals surface area contributed by atoms with E-state index in [9.17, 15) is 5.11 Å². The number of benzene rings is 2. The first-order valence-corrected chi connectivity index (χ1v) is 6.84. The molecule has 2 heteroatoms. The lowest BCUT2D eigenvalue weighted by molar-refractivity contribution is 0.223. The van der Waals surface area contributed by atoms with Crippen molar-refractivity contribution in [1.82, 2.24) is 0 Å². The second kappa shape index (κ2) is 5.45. The van der Waals surface area contributed by atoms with E-state index >= 15 is 0 Å². The number of aliphatic hydroxyl groups is 1. The number of nitrogens with zero attached hydrogens (tertiary/aromatic N) is 1. The number of anilines is 1. The number of rotatable bonds is 3. The highest BCUT2D eigenvalue weighted by molar-refractivity contribution is 5.56. The molecule has 0 amide bonds. The second-order valence-corrected chi connectivity index (χ2v) is 5.25. The molecule has 0 saturated carbocycles. The second-order valence-electron chi connectivity index (χ2n) is 5.25. The molecule has 0 bridgehead atoms. The van der Waals surface area contributed by atoms with Crippen molar-refractivity contribution in [2.45, 2.75) is 13.0 Å². The van der Waals surface area contributed by atoms with E-state index in [-0.39, 0.29) is 6.61 Å². The van der Waals surface area contributed by atoms with Crippen LogP contribution in [0.15, 0.2) is 54.6 Å². The third-order valence-corrected chi connectivity index (χ3v) is 3.79. The molecule has 1 aliphatic rings. The Kier molecular flexibility index (Phi) is 3.51. The average molecular weight is 253 g/mol. The molecule has 2 nitrogen and oxygen atoms in total. The SMILES string of the molecule is OC[C@@H]1Cc2ccccc2N(Cc2ccccc2)C1. The van der Waals surface area contributed by atoms with Gasteiger partial charge in [0.2, 0.25) is 0 Å². The van der Waals surface area contributed by atoms with Crippen LogP contribution in [0, 0.1) is 5.92 Å². The summed E-state index contributed by atoms with van der Waals surface area (Å²) >= 11 is 0. The average Bonchev–Trinajstić information content (AvgIpc) is 2.48. The maximum absolute atomic E-state index is 9.47. The summed E-state index contributed by atoms with van der Waals surface area (Å²) in [7, 11) is 0. The highest BCUT2D eigenvalue weighted by Gasteiger charge is 2.23. The summed E-state index contributed by atoms with van der Waals surface area (Å²) in [6.45, 7) is 2.11. The zero-order valence-electron chi connectivity index (χ0n) is 11.0. The normalized spacial score (nSPS) is 18.2. The Hall–Kier alpha value is -1.80. The number of hydrogen-bond donors (Lipinski definition) is 1. The van der Waals surface area contributed by atoms with Gasteiger partial charge < -0.3 is 10.0 Å². The van der Waals surface area contributed by atoms with E-state index in [0.717, 1.165) is 19.5 Å². The van der Waals surface area contributed by atoms with Gasteiger partial charge in [0, 0.05) is 31.3 Å². The molecule has 0 radical (unpaired) electrons. The molecule has 19 heavy (non-hydrogen) atoms. The van der Waals surface area contributed by atoms with Gasteiger partial charge in [0.1, 0.15) is 0 Å². The van der Waals surface area contributed by atoms with Crippen molar-refractivity contribution in [2.75, 3.05) is 18.1 Å². The summed E-state index contributed by atoms with van der Waals surface area (Å²) in [4.78, 5) is 2.38. The smallest absolute Gasteiger partial charge is 0.0479 e. The predicted octanol–water partition coefficient (Wildman–Crippen LogP) is 2.86. The molecule has 2 aromatic carbocycles. The van der Waals surface area contributed by atoms with Crippen molar-refractivity contribution in [1.29, 1.82) is 0 Å². The van der Waals surface area contributed by atoms with Gasteiger partial charge in [-0.3, -0.25) is 0 Å². The maximum Gasteiger partial charge on any atom is 0.0479 e. The third kappa shape index (κ3) is 2.64. The Balaban J connectivity index is 1.88. The van der Waals surface area contributed by atoms with Crippen LogP contribution in [0.1, 0.15) is 11.1 Å². The van der Waals surface area contributed by atoms with E-state index in [0.29, 0.717) is 5.92 Å². The first kappa shape index (κ1) is 12.2. The van der Waals surface area contributed by atoms with Crippen LogP contribution in [-0.4, -0.2) is 18.3 Å². The molecule has 1 atom stereocenters. The summed E-state index contributed by atoms with van der Waals surface area (Å²) in [5.41, 5.74) is 3.98. The van der Waals surface area contributed by atoms with Gasteiger partial charge in [-0.15, -0.1) is 0 Å². The van der Waals surface area contributed by atoms with Crippen LogP contribution in [0.4, 0.5) is 5.69 Å². The molecular weight excluding hydrogens is 234 g/mol. The summed E-state index contributed by atoms with van der Waals surface area (Å²) in [6.07, 6.45) is 0.984. The van der Waals surface area contributed by atoms with Gasteiger partial charge in [-0.2, -0.15) is 0 Å². The standard InChI is InChI=1S/C17H19NO/c19-13-15-10-16-8-4-5-9-17(16)18(12-15)11-14-6-2-1-3-7-14/h1-9,15,19H,10-13H2/t15-/m1/s1. The molecule has 1 heterocycles. The zero-order chi connectivity index (χ0) is 13.1. The molecule has 0 aromatic heterocycles. The third-order valence-electron chi connectivity index (χ3n) is 3.79. The van der Waals surface area contributed by atoms with Crippen LogP contribution < -0.4 is 4.90 Å². The number of hydrogen-bond acceptors (Lipinski definition) is 2. The maximum atomic E-state index is 9.47. The van der Waals surface area contributed by atoms with Crippen LogP contribution in [0.3, 0.4) is 0 Å². The van der Waals surface area contributed by atoms with Crippen LogP contribution in [0.5, 0.6) is 0 Å². The van der Waals surface area contributed by atoms with Gasteiger partial charge >= 0.3 is 0 Å². The molecule has 0 saturated heterocycles. The Morgan fingerprint density at radius 2 is 1.74 bits per heavy atom. The van der Waals surface area contributed by atoms with E-state index in [1.54, 1.807) is 0 Å². The molecule has 0 aliphatic carbocycles. The van der Waals surface area contributed by atoms with Gasteiger partial charge in [-0.05, 0) is 23.6 Å². The van der Waals surface area contributed by atoms with E-state index in [1.807, 2.05) is 6.07 Å². The monoisotopic (exact) mass is 253 g/mol. The lowest BCUT2D eigenvalue weighted by Crippen LogP contribution is -2.36. The lowest BCUT2D eigenvalue weighted by Gasteiger charge is -2.35. The Morgan fingerprint density at radius 1 is 1.00 bits per heavy atom. The number of aliphatic hydroxyl groups excluding tert-OH is 1. The van der Waals surface area contributed by atoms with Gasteiger partial charge in [-0.25, -0.2) is 0 Å². The first-order chi connectivity index (χ1) is 9.36. The molecule has 98 valence electrons. The topological polar surface area (TPSA) is 23.5 Å². The quantitative estimate of drug-likeness (QED) is 0.909. The molecule has 3 rings (SSSR count). The Labute approximate surface area is 114 Å². The van der Waals surface area contributed by atoms with Gasteiger partial charge in [0.25, 0.3) is 0 Å². The highest BCUT2D eigenvalue weighted by atomic mass is 16.3. The van der Waals surface area contributed by atoms with Crippen molar-refractivity contribution in [3.05, 3.63) is 65.7 Å². The van der Waals surface area contributed by atoms with Gasteiger partial charge in [0.15, 0.2) is 0 Å². The first-order valence-electron chi connectivity index (χ1n) is 6.84. The van der Waals surface area contributed by atoms with Gasteiger partial charge in [0.05, 0.1) is 0 Å². The molecule has 2 aromatic rings. The van der Waals surface area contributed by atoms with Crippen molar-refractivity contribution < 1.29 is 5.11 Å². The van der Waals surface area contributed by atoms with Crippen molar-refractivity contribution in [3.8, 4) is 0 Å². The van der Waals surface area contributed by atoms with E-state index in [4.69, 9.17) is 0 Å². The van der Waals surface area contributed by atoms with E-state index in [1.165, 1.54) is 16.8 Å². The van der Waals surface area contributed by atoms with Crippen LogP contribution in [-0.2, 0) is 13.0 Å². The Morgan fingerprint density at radius 3 is 2.53 bits per heavy atom. The summed E-state index contributed by atoms with van der Waals surface area (Å²) in [6, 6.07) is 19.1. The molecule has 1 N–H and O–H groups in total. The lowest BCUT2D eigenvalue weighted by atomic mass is 9.92. The minimum absolute atomic E-state index is 0.264. The van der Waals surface area contributed by atoms with Crippen molar-refractivity contribution in [2.24, 2.45) is 5.92 Å². The Bertz CT molecular complexity index is 538. The highest BCUT2D eigenvalue weighted by Crippen LogP contribution is 2.30. The zero-order valence-corrected chi connectivity index (χ0v) is 11.0. The molecular formula is C17H19NO. The van der Waals surface area contributed by atoms with Gasteiger partial charge in [-0.1, -0.05) is 48.5 Å². The minimum Gasteiger partial charge on any atom is -0.396 e. The van der Waals surface area contributed by atoms with E-state index < -0.39 is 0 Å². The van der Waals surface area contributed by atoms with Crippen LogP contribution in [0.2, 0.25) is 0 Å². The summed E-state index contributed by atoms with van der Waals surface area (Å²) < 4.78 is 0. The van der Waals surface area contributed by atoms with Crippen LogP contribution in [0.25, 0.3) is 0 Å². The summed E-state index contributed by atoms with van der Waals surface area (Å²) in [5.74, 6) is 0.346. The molecule has 0 fully saturated rings.